The van der Waals surface area contributed by atoms with Gasteiger partial charge in [0.1, 0.15) is 6.04 Å². The summed E-state index contributed by atoms with van der Waals surface area (Å²) in [4.78, 5) is 41.3. The summed E-state index contributed by atoms with van der Waals surface area (Å²) in [5.74, 6) is -0.370. The molecule has 1 spiro atoms. The van der Waals surface area contributed by atoms with Gasteiger partial charge in [0.25, 0.3) is 5.91 Å². The maximum Gasteiger partial charge on any atom is 0.324 e. The molecule has 3 aliphatic rings. The third-order valence-corrected chi connectivity index (χ3v) is 6.78. The highest BCUT2D eigenvalue weighted by Crippen LogP contribution is 2.43. The van der Waals surface area contributed by atoms with Crippen LogP contribution in [0.25, 0.3) is 0 Å². The molecule has 8 heteroatoms. The van der Waals surface area contributed by atoms with Crippen LogP contribution in [0, 0.1) is 0 Å². The molecule has 7 nitrogen and oxygen atoms in total. The molecule has 1 unspecified atom stereocenters. The number of carbonyl (C=O) groups excluding carboxylic acids is 3. The number of amides is 4. The number of nitrogens with zero attached hydrogens (tertiary/aromatic N) is 2. The van der Waals surface area contributed by atoms with Crippen molar-refractivity contribution in [1.82, 2.24) is 15.1 Å². The van der Waals surface area contributed by atoms with Gasteiger partial charge in [0.2, 0.25) is 5.91 Å². The van der Waals surface area contributed by atoms with Crippen LogP contribution >= 0.6 is 11.3 Å². The third kappa shape index (κ3) is 3.25. The average Bonchev–Trinajstić information content (AvgIpc) is 3.24. The standard InChI is InChI=1S/C19H25N3O4S/c1-2-7-22-17(24)14(20-18(22)25)12-16(23)21-8-5-19(6-9-21)13-4-11-27-15(13)3-10-26-19/h4,11,14H,2-3,5-10,12H2,1H3,(H,20,25). The predicted octanol–water partition coefficient (Wildman–Crippen LogP) is 1.86. The molecule has 146 valence electrons. The van der Waals surface area contributed by atoms with Gasteiger partial charge in [-0.15, -0.1) is 11.3 Å². The quantitative estimate of drug-likeness (QED) is 0.795. The molecule has 0 aliphatic carbocycles. The number of piperidine rings is 1. The smallest absolute Gasteiger partial charge is 0.324 e. The molecular weight excluding hydrogens is 366 g/mol. The Hall–Kier alpha value is -1.93. The predicted molar refractivity (Wildman–Crippen MR) is 100 cm³/mol. The number of nitrogens with one attached hydrogen (secondary N) is 1. The summed E-state index contributed by atoms with van der Waals surface area (Å²) in [5, 5.41) is 4.76. The molecule has 1 N–H and O–H groups in total. The van der Waals surface area contributed by atoms with Gasteiger partial charge in [-0.3, -0.25) is 14.5 Å². The van der Waals surface area contributed by atoms with Gasteiger partial charge < -0.3 is 15.0 Å². The first-order chi connectivity index (χ1) is 13.0. The molecule has 2 saturated heterocycles. The second-order valence-electron chi connectivity index (χ2n) is 7.43. The van der Waals surface area contributed by atoms with E-state index in [-0.39, 0.29) is 23.8 Å². The summed E-state index contributed by atoms with van der Waals surface area (Å²) in [6.07, 6.45) is 3.25. The first kappa shape index (κ1) is 18.4. The number of hydrogen-bond acceptors (Lipinski definition) is 5. The summed E-state index contributed by atoms with van der Waals surface area (Å²) in [7, 11) is 0. The highest BCUT2D eigenvalue weighted by atomic mass is 32.1. The third-order valence-electron chi connectivity index (χ3n) is 5.80. The number of likely N-dealkylation sites (tertiary alicyclic amines) is 1. The van der Waals surface area contributed by atoms with E-state index < -0.39 is 12.1 Å². The number of urea groups is 1. The van der Waals surface area contributed by atoms with Crippen molar-refractivity contribution in [3.05, 3.63) is 21.9 Å². The normalized spacial score (nSPS) is 24.3. The van der Waals surface area contributed by atoms with Crippen LogP contribution in [0.1, 0.15) is 43.0 Å². The molecule has 3 aliphatic heterocycles. The molecular formula is C19H25N3O4S. The van der Waals surface area contributed by atoms with E-state index in [1.165, 1.54) is 15.3 Å². The van der Waals surface area contributed by atoms with Crippen LogP contribution in [0.5, 0.6) is 0 Å². The molecule has 1 atom stereocenters. The van der Waals surface area contributed by atoms with Crippen LogP contribution < -0.4 is 5.32 Å². The van der Waals surface area contributed by atoms with Gasteiger partial charge in [0.15, 0.2) is 0 Å². The van der Waals surface area contributed by atoms with Crippen molar-refractivity contribution in [1.29, 1.82) is 0 Å². The molecule has 1 aromatic heterocycles. The van der Waals surface area contributed by atoms with Crippen molar-refractivity contribution in [2.24, 2.45) is 0 Å². The minimum atomic E-state index is -0.734. The largest absolute Gasteiger partial charge is 0.370 e. The topological polar surface area (TPSA) is 79.0 Å². The molecule has 0 saturated carbocycles. The van der Waals surface area contributed by atoms with Crippen LogP contribution in [0.15, 0.2) is 11.4 Å². The fourth-order valence-corrected chi connectivity index (χ4v) is 5.29. The Morgan fingerprint density at radius 1 is 1.37 bits per heavy atom. The van der Waals surface area contributed by atoms with Gasteiger partial charge in [-0.1, -0.05) is 6.92 Å². The fraction of sp³-hybridized carbons (Fsp3) is 0.632. The van der Waals surface area contributed by atoms with E-state index in [1.54, 1.807) is 16.2 Å². The second kappa shape index (κ2) is 7.24. The second-order valence-corrected chi connectivity index (χ2v) is 8.43. The monoisotopic (exact) mass is 391 g/mol. The molecule has 0 bridgehead atoms. The minimum Gasteiger partial charge on any atom is -0.370 e. The van der Waals surface area contributed by atoms with Gasteiger partial charge in [-0.2, -0.15) is 0 Å². The van der Waals surface area contributed by atoms with Crippen LogP contribution in [-0.4, -0.2) is 59.9 Å². The zero-order valence-corrected chi connectivity index (χ0v) is 16.3. The van der Waals surface area contributed by atoms with Gasteiger partial charge in [-0.25, -0.2) is 4.79 Å². The number of imide groups is 1. The van der Waals surface area contributed by atoms with Gasteiger partial charge >= 0.3 is 6.03 Å². The number of ether oxygens (including phenoxy) is 1. The Morgan fingerprint density at radius 3 is 2.89 bits per heavy atom. The number of carbonyl (C=O) groups is 3. The number of hydrogen-bond donors (Lipinski definition) is 1. The summed E-state index contributed by atoms with van der Waals surface area (Å²) >= 11 is 1.78. The van der Waals surface area contributed by atoms with Gasteiger partial charge in [0.05, 0.1) is 18.6 Å². The number of rotatable bonds is 4. The molecule has 4 rings (SSSR count). The molecule has 4 amide bonds. The van der Waals surface area contributed by atoms with Crippen molar-refractivity contribution < 1.29 is 19.1 Å². The first-order valence-corrected chi connectivity index (χ1v) is 10.5. The van der Waals surface area contributed by atoms with Crippen LogP contribution in [0.3, 0.4) is 0 Å². The first-order valence-electron chi connectivity index (χ1n) is 9.64. The Morgan fingerprint density at radius 2 is 2.15 bits per heavy atom. The minimum absolute atomic E-state index is 0.0301. The Balaban J connectivity index is 1.36. The highest BCUT2D eigenvalue weighted by molar-refractivity contribution is 7.10. The van der Waals surface area contributed by atoms with Crippen molar-refractivity contribution >= 4 is 29.2 Å². The summed E-state index contributed by atoms with van der Waals surface area (Å²) in [5.41, 5.74) is 1.03. The molecule has 0 radical (unpaired) electrons. The Kier molecular flexibility index (Phi) is 4.94. The lowest BCUT2D eigenvalue weighted by Gasteiger charge is -2.44. The average molecular weight is 391 g/mol. The zero-order chi connectivity index (χ0) is 19.0. The lowest BCUT2D eigenvalue weighted by atomic mass is 9.82. The lowest BCUT2D eigenvalue weighted by molar-refractivity contribution is -0.143. The summed E-state index contributed by atoms with van der Waals surface area (Å²) in [6.45, 7) is 4.26. The SMILES string of the molecule is CCCN1C(=O)NC(CC(=O)N2CCC3(CC2)OCCc2sccc23)C1=O. The maximum absolute atomic E-state index is 12.7. The number of thiophene rings is 1. The Labute approximate surface area is 162 Å². The zero-order valence-electron chi connectivity index (χ0n) is 15.5. The van der Waals surface area contributed by atoms with E-state index in [2.05, 4.69) is 16.8 Å². The van der Waals surface area contributed by atoms with Crippen molar-refractivity contribution in [2.75, 3.05) is 26.2 Å². The lowest BCUT2D eigenvalue weighted by Crippen LogP contribution is -2.49. The van der Waals surface area contributed by atoms with E-state index in [4.69, 9.17) is 4.74 Å². The fourth-order valence-electron chi connectivity index (χ4n) is 4.34. The van der Waals surface area contributed by atoms with E-state index in [0.29, 0.717) is 26.1 Å². The highest BCUT2D eigenvalue weighted by Gasteiger charge is 2.43. The van der Waals surface area contributed by atoms with Crippen molar-refractivity contribution in [3.8, 4) is 0 Å². The van der Waals surface area contributed by atoms with E-state index >= 15 is 0 Å². The molecule has 1 aromatic rings. The van der Waals surface area contributed by atoms with E-state index in [1.807, 2.05) is 6.92 Å². The molecule has 27 heavy (non-hydrogen) atoms. The van der Waals surface area contributed by atoms with Crippen LogP contribution in [0.4, 0.5) is 4.79 Å². The van der Waals surface area contributed by atoms with Gasteiger partial charge in [-0.05, 0) is 36.3 Å². The van der Waals surface area contributed by atoms with Crippen molar-refractivity contribution in [3.63, 3.8) is 0 Å². The Bertz CT molecular complexity index is 754. The molecule has 4 heterocycles. The molecule has 2 fully saturated rings. The number of fused-ring (bicyclic) bond motifs is 2. The van der Waals surface area contributed by atoms with Crippen LogP contribution in [-0.2, 0) is 26.3 Å². The van der Waals surface area contributed by atoms with E-state index in [9.17, 15) is 14.4 Å². The van der Waals surface area contributed by atoms with Gasteiger partial charge in [0, 0.05) is 30.9 Å². The van der Waals surface area contributed by atoms with Crippen LogP contribution in [0.2, 0.25) is 0 Å². The molecule has 0 aromatic carbocycles. The summed E-state index contributed by atoms with van der Waals surface area (Å²) < 4.78 is 6.18. The van der Waals surface area contributed by atoms with Crippen molar-refractivity contribution in [2.45, 2.75) is 50.7 Å². The van der Waals surface area contributed by atoms with E-state index in [0.717, 1.165) is 25.9 Å². The maximum atomic E-state index is 12.7. The summed E-state index contributed by atoms with van der Waals surface area (Å²) in [6, 6.07) is 1.03.